The maximum Gasteiger partial charge on any atom is 0.259 e. The highest BCUT2D eigenvalue weighted by Gasteiger charge is 2.16. The van der Waals surface area contributed by atoms with E-state index in [-0.39, 0.29) is 11.3 Å². The van der Waals surface area contributed by atoms with Crippen LogP contribution >= 0.6 is 34.4 Å². The topological polar surface area (TPSA) is 88.6 Å². The molecule has 0 saturated carbocycles. The predicted octanol–water partition coefficient (Wildman–Crippen LogP) is 2.64. The van der Waals surface area contributed by atoms with Crippen molar-refractivity contribution in [1.29, 1.82) is 0 Å². The monoisotopic (exact) mass is 338 g/mol. The van der Waals surface area contributed by atoms with Gasteiger partial charge < -0.3 is 4.98 Å². The van der Waals surface area contributed by atoms with Gasteiger partial charge in [0, 0.05) is 0 Å². The molecule has 0 unspecified atom stereocenters. The van der Waals surface area contributed by atoms with Crippen molar-refractivity contribution in [2.24, 2.45) is 0 Å². The molecule has 0 amide bonds. The van der Waals surface area contributed by atoms with Crippen molar-refractivity contribution < 1.29 is 4.79 Å². The molecule has 0 bridgehead atoms. The third kappa shape index (κ3) is 2.76. The van der Waals surface area contributed by atoms with E-state index in [9.17, 15) is 9.59 Å². The normalized spacial score (nSPS) is 11.1. The number of thioether (sulfide) groups is 1. The number of hydrogen-bond acceptors (Lipinski definition) is 8. The molecule has 3 rings (SSSR count). The molecule has 0 atom stereocenters. The summed E-state index contributed by atoms with van der Waals surface area (Å²) >= 11 is 4.17. The van der Waals surface area contributed by atoms with Crippen LogP contribution in [0.1, 0.15) is 28.0 Å². The average molecular weight is 338 g/mol. The molecule has 0 aliphatic carbocycles. The lowest BCUT2D eigenvalue weighted by molar-refractivity contribution is 0.102. The number of carbonyl (C=O) groups is 1. The quantitative estimate of drug-likeness (QED) is 0.581. The average Bonchev–Trinajstić information content (AvgIpc) is 3.04. The molecular weight excluding hydrogens is 328 g/mol. The van der Waals surface area contributed by atoms with E-state index in [4.69, 9.17) is 0 Å². The molecule has 3 aromatic heterocycles. The van der Waals surface area contributed by atoms with Crippen molar-refractivity contribution in [3.63, 3.8) is 0 Å². The minimum Gasteiger partial charge on any atom is -0.309 e. The Bertz CT molecular complexity index is 867. The summed E-state index contributed by atoms with van der Waals surface area (Å²) in [6, 6.07) is 0. The van der Waals surface area contributed by atoms with Crippen LogP contribution in [0.4, 0.5) is 0 Å². The Kier molecular flexibility index (Phi) is 3.87. The molecule has 0 aliphatic rings. The van der Waals surface area contributed by atoms with Crippen molar-refractivity contribution >= 4 is 50.4 Å². The van der Waals surface area contributed by atoms with Crippen molar-refractivity contribution in [3.05, 3.63) is 32.1 Å². The minimum atomic E-state index is -0.200. The van der Waals surface area contributed by atoms with Crippen molar-refractivity contribution in [3.8, 4) is 0 Å². The number of H-pyrrole nitrogens is 1. The maximum atomic E-state index is 12.2. The van der Waals surface area contributed by atoms with Crippen molar-refractivity contribution in [2.45, 2.75) is 23.9 Å². The zero-order valence-corrected chi connectivity index (χ0v) is 13.6. The Labute approximate surface area is 131 Å². The second kappa shape index (κ2) is 5.66. The van der Waals surface area contributed by atoms with Crippen LogP contribution in [-0.4, -0.2) is 25.9 Å². The second-order valence-corrected chi connectivity index (χ2v) is 7.35. The standard InChI is InChI=1S/C12H10N4O2S3/c1-5-8-10(18)14-7(3-19-12-16-13-4-20-12)15-11(8)21-9(5)6(2)17/h4H,3H2,1-2H3,(H,14,15,18). The first-order valence-corrected chi connectivity index (χ1v) is 8.66. The molecule has 21 heavy (non-hydrogen) atoms. The molecule has 0 aliphatic heterocycles. The number of aryl methyl sites for hydroxylation is 1. The number of nitrogens with zero attached hydrogens (tertiary/aromatic N) is 3. The van der Waals surface area contributed by atoms with Gasteiger partial charge in [0.05, 0.1) is 16.0 Å². The fourth-order valence-electron chi connectivity index (χ4n) is 1.95. The van der Waals surface area contributed by atoms with Gasteiger partial charge in [0.1, 0.15) is 16.2 Å². The Balaban J connectivity index is 1.99. The molecule has 0 aromatic carbocycles. The lowest BCUT2D eigenvalue weighted by atomic mass is 10.2. The number of rotatable bonds is 4. The van der Waals surface area contributed by atoms with Crippen LogP contribution in [0.15, 0.2) is 14.6 Å². The van der Waals surface area contributed by atoms with Crippen LogP contribution in [0.3, 0.4) is 0 Å². The summed E-state index contributed by atoms with van der Waals surface area (Å²) in [5.74, 6) is 1.04. The van der Waals surface area contributed by atoms with Gasteiger partial charge in [-0.2, -0.15) is 0 Å². The summed E-state index contributed by atoms with van der Waals surface area (Å²) in [7, 11) is 0. The van der Waals surface area contributed by atoms with Gasteiger partial charge in [-0.25, -0.2) is 4.98 Å². The number of nitrogens with one attached hydrogen (secondary N) is 1. The van der Waals surface area contributed by atoms with E-state index in [1.54, 1.807) is 12.4 Å². The molecule has 108 valence electrons. The first-order chi connectivity index (χ1) is 10.1. The van der Waals surface area contributed by atoms with Crippen molar-refractivity contribution in [2.75, 3.05) is 0 Å². The van der Waals surface area contributed by atoms with E-state index in [1.165, 1.54) is 41.4 Å². The molecule has 3 aromatic rings. The van der Waals surface area contributed by atoms with Crippen LogP contribution in [0, 0.1) is 6.92 Å². The smallest absolute Gasteiger partial charge is 0.259 e. The van der Waals surface area contributed by atoms with Gasteiger partial charge in [-0.15, -0.1) is 21.5 Å². The third-order valence-electron chi connectivity index (χ3n) is 2.84. The molecule has 3 heterocycles. The summed E-state index contributed by atoms with van der Waals surface area (Å²) in [5, 5.41) is 8.19. The lowest BCUT2D eigenvalue weighted by Gasteiger charge is -1.98. The zero-order chi connectivity index (χ0) is 15.0. The predicted molar refractivity (Wildman–Crippen MR) is 84.5 cm³/mol. The fourth-order valence-corrected chi connectivity index (χ4v) is 4.40. The first kappa shape index (κ1) is 14.4. The lowest BCUT2D eigenvalue weighted by Crippen LogP contribution is -2.11. The third-order valence-corrected chi connectivity index (χ3v) is 6.00. The minimum absolute atomic E-state index is 0.0420. The van der Waals surface area contributed by atoms with Crippen LogP contribution in [0.5, 0.6) is 0 Å². The van der Waals surface area contributed by atoms with Gasteiger partial charge in [-0.1, -0.05) is 23.1 Å². The van der Waals surface area contributed by atoms with Crippen molar-refractivity contribution in [1.82, 2.24) is 20.2 Å². The maximum absolute atomic E-state index is 12.2. The van der Waals surface area contributed by atoms with Gasteiger partial charge in [0.15, 0.2) is 10.1 Å². The SMILES string of the molecule is CC(=O)c1sc2nc(CSc3nncs3)[nH]c(=O)c2c1C. The van der Waals surface area contributed by atoms with Crippen LogP contribution in [-0.2, 0) is 5.75 Å². The number of thiophene rings is 1. The first-order valence-electron chi connectivity index (χ1n) is 5.98. The molecule has 6 nitrogen and oxygen atoms in total. The Morgan fingerprint density at radius 1 is 1.48 bits per heavy atom. The molecule has 0 fully saturated rings. The number of hydrogen-bond donors (Lipinski definition) is 1. The van der Waals surface area contributed by atoms with E-state index in [0.717, 1.165) is 4.34 Å². The summed E-state index contributed by atoms with van der Waals surface area (Å²) in [4.78, 5) is 32.2. The van der Waals surface area contributed by atoms with E-state index in [2.05, 4.69) is 20.2 Å². The highest BCUT2D eigenvalue weighted by Crippen LogP contribution is 2.28. The molecule has 9 heteroatoms. The molecule has 0 spiro atoms. The highest BCUT2D eigenvalue weighted by atomic mass is 32.2. The number of fused-ring (bicyclic) bond motifs is 1. The Hall–Kier alpha value is -1.58. The molecular formula is C12H10N4O2S3. The van der Waals surface area contributed by atoms with E-state index in [0.29, 0.717) is 32.2 Å². The largest absolute Gasteiger partial charge is 0.309 e. The number of carbonyl (C=O) groups excluding carboxylic acids is 1. The summed E-state index contributed by atoms with van der Waals surface area (Å²) in [6.07, 6.45) is 0. The number of Topliss-reactive ketones (excluding diaryl/α,β-unsaturated/α-hetero) is 1. The van der Waals surface area contributed by atoms with Crippen LogP contribution < -0.4 is 5.56 Å². The van der Waals surface area contributed by atoms with Gasteiger partial charge >= 0.3 is 0 Å². The van der Waals surface area contributed by atoms with Gasteiger partial charge in [-0.05, 0) is 19.4 Å². The number of aromatic amines is 1. The summed E-state index contributed by atoms with van der Waals surface area (Å²) < 4.78 is 0.824. The zero-order valence-electron chi connectivity index (χ0n) is 11.2. The van der Waals surface area contributed by atoms with Gasteiger partial charge in [0.2, 0.25) is 0 Å². The van der Waals surface area contributed by atoms with Crippen LogP contribution in [0.2, 0.25) is 0 Å². The second-order valence-electron chi connectivity index (χ2n) is 4.30. The highest BCUT2D eigenvalue weighted by molar-refractivity contribution is 8.00. The fraction of sp³-hybridized carbons (Fsp3) is 0.250. The molecule has 0 radical (unpaired) electrons. The van der Waals surface area contributed by atoms with E-state index >= 15 is 0 Å². The number of aromatic nitrogens is 4. The Morgan fingerprint density at radius 3 is 2.95 bits per heavy atom. The van der Waals surface area contributed by atoms with E-state index in [1.807, 2.05) is 0 Å². The van der Waals surface area contributed by atoms with Gasteiger partial charge in [-0.3, -0.25) is 9.59 Å². The number of ketones is 1. The molecule has 1 N–H and O–H groups in total. The van der Waals surface area contributed by atoms with Gasteiger partial charge in [0.25, 0.3) is 5.56 Å². The van der Waals surface area contributed by atoms with Crippen LogP contribution in [0.25, 0.3) is 10.2 Å². The Morgan fingerprint density at radius 2 is 2.29 bits per heavy atom. The van der Waals surface area contributed by atoms with E-state index < -0.39 is 0 Å². The summed E-state index contributed by atoms with van der Waals surface area (Å²) in [6.45, 7) is 3.28. The molecule has 0 saturated heterocycles. The summed E-state index contributed by atoms with van der Waals surface area (Å²) in [5.41, 5.74) is 2.16.